The SMILES string of the molecule is CC1(C)c2ccccc2-c2cc(N(c3ccc(-c4ccccc4)cc3)c3ccc(-c4ccc5c(c4)C4(c6ccccc6-5)c5ccc6ccccc6c5Oc5c4ccc4ccccc54)cc3)ccc21. The molecule has 3 aliphatic rings. The van der Waals surface area contributed by atoms with Gasteiger partial charge in [-0.05, 0) is 120 Å². The fraction of sp³-hybridized carbons (Fsp3) is 0.0606. The number of ether oxygens (including phenoxy) is 1. The molecule has 0 bridgehead atoms. The summed E-state index contributed by atoms with van der Waals surface area (Å²) in [5, 5.41) is 4.58. The zero-order valence-electron chi connectivity index (χ0n) is 37.9. The van der Waals surface area contributed by atoms with Crippen molar-refractivity contribution in [1.29, 1.82) is 0 Å². The van der Waals surface area contributed by atoms with Crippen LogP contribution in [0.2, 0.25) is 0 Å². The van der Waals surface area contributed by atoms with Crippen LogP contribution in [0.25, 0.3) is 66.1 Å². The predicted octanol–water partition coefficient (Wildman–Crippen LogP) is 17.6. The third kappa shape index (κ3) is 5.46. The minimum atomic E-state index is -0.609. The molecule has 0 radical (unpaired) electrons. The molecule has 0 saturated heterocycles. The molecule has 1 aliphatic heterocycles. The van der Waals surface area contributed by atoms with E-state index >= 15 is 0 Å². The molecule has 0 aromatic heterocycles. The summed E-state index contributed by atoms with van der Waals surface area (Å²) in [5.74, 6) is 1.86. The Morgan fingerprint density at radius 1 is 0.309 bits per heavy atom. The van der Waals surface area contributed by atoms with Gasteiger partial charge in [-0.15, -0.1) is 0 Å². The van der Waals surface area contributed by atoms with E-state index in [0.717, 1.165) is 44.9 Å². The zero-order chi connectivity index (χ0) is 45.1. The Bertz CT molecular complexity index is 3760. The first kappa shape index (κ1) is 38.8. The first-order valence-corrected chi connectivity index (χ1v) is 23.7. The van der Waals surface area contributed by atoms with Crippen molar-refractivity contribution >= 4 is 38.6 Å². The molecule has 0 amide bonds. The summed E-state index contributed by atoms with van der Waals surface area (Å²) in [4.78, 5) is 2.41. The average Bonchev–Trinajstić information content (AvgIpc) is 3.81. The van der Waals surface area contributed by atoms with Gasteiger partial charge in [-0.2, -0.15) is 0 Å². The molecule has 1 spiro atoms. The van der Waals surface area contributed by atoms with Gasteiger partial charge >= 0.3 is 0 Å². The van der Waals surface area contributed by atoms with Gasteiger partial charge in [0.25, 0.3) is 0 Å². The lowest BCUT2D eigenvalue weighted by Crippen LogP contribution is -2.32. The maximum atomic E-state index is 7.22. The average molecular weight is 868 g/mol. The molecule has 2 nitrogen and oxygen atoms in total. The second-order valence-electron chi connectivity index (χ2n) is 19.2. The molecule has 320 valence electrons. The molecule has 11 aromatic carbocycles. The van der Waals surface area contributed by atoms with Gasteiger partial charge in [0.2, 0.25) is 0 Å². The van der Waals surface area contributed by atoms with Crippen LogP contribution < -0.4 is 9.64 Å². The predicted molar refractivity (Wildman–Crippen MR) is 282 cm³/mol. The zero-order valence-corrected chi connectivity index (χ0v) is 37.9. The van der Waals surface area contributed by atoms with Crippen LogP contribution in [-0.4, -0.2) is 0 Å². The van der Waals surface area contributed by atoms with E-state index in [4.69, 9.17) is 4.74 Å². The Morgan fingerprint density at radius 2 is 0.765 bits per heavy atom. The third-order valence-corrected chi connectivity index (χ3v) is 15.3. The minimum absolute atomic E-state index is 0.0690. The summed E-state index contributed by atoms with van der Waals surface area (Å²) in [7, 11) is 0. The van der Waals surface area contributed by atoms with E-state index in [1.807, 2.05) is 0 Å². The van der Waals surface area contributed by atoms with Crippen LogP contribution in [0.4, 0.5) is 17.1 Å². The van der Waals surface area contributed by atoms with Crippen LogP contribution in [0, 0.1) is 0 Å². The molecule has 0 saturated carbocycles. The van der Waals surface area contributed by atoms with Crippen molar-refractivity contribution in [1.82, 2.24) is 0 Å². The molecule has 0 atom stereocenters. The van der Waals surface area contributed by atoms with E-state index in [9.17, 15) is 0 Å². The number of benzene rings is 11. The van der Waals surface area contributed by atoms with Crippen molar-refractivity contribution in [3.05, 3.63) is 270 Å². The molecular weight excluding hydrogens is 823 g/mol. The molecular formula is C66H45NO. The largest absolute Gasteiger partial charge is 0.455 e. The van der Waals surface area contributed by atoms with Crippen LogP contribution in [-0.2, 0) is 10.8 Å². The van der Waals surface area contributed by atoms with Crippen LogP contribution in [0.3, 0.4) is 0 Å². The summed E-state index contributed by atoms with van der Waals surface area (Å²) in [6, 6.07) is 87.4. The highest BCUT2D eigenvalue weighted by Crippen LogP contribution is 2.64. The molecule has 2 heteroatoms. The molecule has 1 heterocycles. The van der Waals surface area contributed by atoms with Gasteiger partial charge in [-0.25, -0.2) is 0 Å². The van der Waals surface area contributed by atoms with Crippen molar-refractivity contribution in [2.24, 2.45) is 0 Å². The summed E-state index contributed by atoms with van der Waals surface area (Å²) in [6.45, 7) is 4.69. The highest BCUT2D eigenvalue weighted by atomic mass is 16.5. The van der Waals surface area contributed by atoms with Gasteiger partial charge in [0.05, 0.1) is 5.41 Å². The van der Waals surface area contributed by atoms with Crippen molar-refractivity contribution in [3.63, 3.8) is 0 Å². The van der Waals surface area contributed by atoms with Gasteiger partial charge in [-0.3, -0.25) is 0 Å². The quantitative estimate of drug-likeness (QED) is 0.171. The Labute approximate surface area is 397 Å². The maximum absolute atomic E-state index is 7.22. The first-order chi connectivity index (χ1) is 33.5. The van der Waals surface area contributed by atoms with Gasteiger partial charge in [0.15, 0.2) is 0 Å². The third-order valence-electron chi connectivity index (χ3n) is 15.3. The standard InChI is InChI=1S/C66H45NO/c1-65(2)57-22-12-10-21-54(57)56-41-50(35-39-58(56)65)67(48-31-24-43(25-32-48)42-14-4-3-5-15-42)49-33-26-44(27-34-49)47-28-36-55-53-20-11-13-23-59(53)66(62(55)40-47)60-37-29-45-16-6-8-18-51(45)63(60)68-64-52-19-9-7-17-46(52)30-38-61(64)66/h3-41H,1-2H3. The van der Waals surface area contributed by atoms with E-state index in [-0.39, 0.29) is 5.41 Å². The lowest BCUT2D eigenvalue weighted by Gasteiger charge is -2.40. The van der Waals surface area contributed by atoms with Gasteiger partial charge < -0.3 is 9.64 Å². The van der Waals surface area contributed by atoms with Crippen molar-refractivity contribution in [3.8, 4) is 56.0 Å². The smallest absolute Gasteiger partial charge is 0.140 e. The van der Waals surface area contributed by atoms with E-state index in [1.54, 1.807) is 0 Å². The molecule has 0 fully saturated rings. The summed E-state index contributed by atoms with van der Waals surface area (Å²) in [5.41, 5.74) is 20.2. The van der Waals surface area contributed by atoms with Crippen LogP contribution in [0.15, 0.2) is 237 Å². The lowest BCUT2D eigenvalue weighted by atomic mass is 9.65. The van der Waals surface area contributed by atoms with Gasteiger partial charge in [-0.1, -0.05) is 208 Å². The molecule has 2 aliphatic carbocycles. The Balaban J connectivity index is 0.932. The van der Waals surface area contributed by atoms with E-state index < -0.39 is 5.41 Å². The number of rotatable bonds is 5. The lowest BCUT2D eigenvalue weighted by molar-refractivity contribution is 0.447. The van der Waals surface area contributed by atoms with Crippen molar-refractivity contribution < 1.29 is 4.74 Å². The highest BCUT2D eigenvalue weighted by molar-refractivity contribution is 6.00. The fourth-order valence-corrected chi connectivity index (χ4v) is 12.1. The normalized spacial score (nSPS) is 14.1. The Morgan fingerprint density at radius 3 is 1.41 bits per heavy atom. The number of hydrogen-bond acceptors (Lipinski definition) is 2. The summed E-state index contributed by atoms with van der Waals surface area (Å²) in [6.07, 6.45) is 0. The first-order valence-electron chi connectivity index (χ1n) is 23.7. The molecule has 14 rings (SSSR count). The molecule has 68 heavy (non-hydrogen) atoms. The topological polar surface area (TPSA) is 12.5 Å². The maximum Gasteiger partial charge on any atom is 0.140 e. The number of fused-ring (bicyclic) bond motifs is 16. The van der Waals surface area contributed by atoms with Crippen LogP contribution >= 0.6 is 0 Å². The minimum Gasteiger partial charge on any atom is -0.455 e. The van der Waals surface area contributed by atoms with E-state index in [0.29, 0.717) is 0 Å². The Kier molecular flexibility index (Phi) is 8.28. The van der Waals surface area contributed by atoms with E-state index in [2.05, 4.69) is 255 Å². The van der Waals surface area contributed by atoms with Crippen LogP contribution in [0.1, 0.15) is 47.2 Å². The Hall–Kier alpha value is -8.46. The highest BCUT2D eigenvalue weighted by Gasteiger charge is 2.52. The van der Waals surface area contributed by atoms with Crippen LogP contribution in [0.5, 0.6) is 11.5 Å². The van der Waals surface area contributed by atoms with Gasteiger partial charge in [0, 0.05) is 44.4 Å². The second-order valence-corrected chi connectivity index (χ2v) is 19.2. The van der Waals surface area contributed by atoms with E-state index in [1.165, 1.54) is 83.1 Å². The number of anilines is 3. The summed E-state index contributed by atoms with van der Waals surface area (Å²) < 4.78 is 7.22. The van der Waals surface area contributed by atoms with Crippen molar-refractivity contribution in [2.75, 3.05) is 4.90 Å². The molecule has 0 unspecified atom stereocenters. The molecule has 0 N–H and O–H groups in total. The summed E-state index contributed by atoms with van der Waals surface area (Å²) >= 11 is 0. The molecule has 11 aromatic rings. The monoisotopic (exact) mass is 867 g/mol. The van der Waals surface area contributed by atoms with Gasteiger partial charge in [0.1, 0.15) is 11.5 Å². The number of hydrogen-bond donors (Lipinski definition) is 0. The second kappa shape index (κ2) is 14.5. The fourth-order valence-electron chi connectivity index (χ4n) is 12.1. The number of nitrogens with zero attached hydrogens (tertiary/aromatic N) is 1. The van der Waals surface area contributed by atoms with Crippen molar-refractivity contribution in [2.45, 2.75) is 24.7 Å².